The van der Waals surface area contributed by atoms with Gasteiger partial charge in [-0.1, -0.05) is 11.3 Å². The van der Waals surface area contributed by atoms with E-state index in [1.54, 1.807) is 0 Å². The lowest BCUT2D eigenvalue weighted by molar-refractivity contribution is 0.0976. The Morgan fingerprint density at radius 3 is 2.67 bits per heavy atom. The Labute approximate surface area is 110 Å². The fourth-order valence-corrected chi connectivity index (χ4v) is 2.77. The molecule has 2 rings (SSSR count). The van der Waals surface area contributed by atoms with Gasteiger partial charge in [-0.05, 0) is 33.6 Å². The molecule has 6 heteroatoms. The Morgan fingerprint density at radius 2 is 2.06 bits per heavy atom. The van der Waals surface area contributed by atoms with Crippen molar-refractivity contribution in [1.82, 2.24) is 10.3 Å². The lowest BCUT2D eigenvalue weighted by Gasteiger charge is -2.20. The first kappa shape index (κ1) is 13.0. The lowest BCUT2D eigenvalue weighted by atomic mass is 10.0. The molecule has 0 atom stereocenters. The molecule has 0 radical (unpaired) electrons. The molecule has 0 fully saturated rings. The normalized spacial score (nSPS) is 15.2. The first-order chi connectivity index (χ1) is 8.35. The highest BCUT2D eigenvalue weighted by atomic mass is 32.1. The molecular formula is C12H17N3O2S. The molecule has 98 valence electrons. The van der Waals surface area contributed by atoms with E-state index in [4.69, 9.17) is 0 Å². The molecule has 18 heavy (non-hydrogen) atoms. The second-order valence-electron chi connectivity index (χ2n) is 5.40. The van der Waals surface area contributed by atoms with Crippen LogP contribution >= 0.6 is 11.3 Å². The molecule has 0 unspecified atom stereocenters. The number of aryl methyl sites for hydroxylation is 1. The summed E-state index contributed by atoms with van der Waals surface area (Å²) in [6, 6.07) is -0.291. The van der Waals surface area contributed by atoms with Crippen LogP contribution in [0.25, 0.3) is 0 Å². The first-order valence-electron chi connectivity index (χ1n) is 5.97. The molecular weight excluding hydrogens is 250 g/mol. The summed E-state index contributed by atoms with van der Waals surface area (Å²) in [5.41, 5.74) is 0.527. The summed E-state index contributed by atoms with van der Waals surface area (Å²) in [4.78, 5) is 28.3. The topological polar surface area (TPSA) is 71.1 Å². The molecule has 1 heterocycles. The minimum atomic E-state index is -0.295. The van der Waals surface area contributed by atoms with Gasteiger partial charge in [0.15, 0.2) is 10.9 Å². The third-order valence-corrected chi connectivity index (χ3v) is 3.53. The third kappa shape index (κ3) is 3.07. The van der Waals surface area contributed by atoms with E-state index in [1.165, 1.54) is 11.3 Å². The molecule has 2 amide bonds. The number of ketones is 1. The van der Waals surface area contributed by atoms with Crippen LogP contribution in [-0.2, 0) is 6.42 Å². The molecule has 0 spiro atoms. The van der Waals surface area contributed by atoms with Crippen molar-refractivity contribution in [2.75, 3.05) is 5.32 Å². The molecule has 1 aliphatic rings. The molecule has 1 aliphatic carbocycles. The van der Waals surface area contributed by atoms with Crippen LogP contribution < -0.4 is 10.6 Å². The Bertz CT molecular complexity index is 488. The first-order valence-corrected chi connectivity index (χ1v) is 6.79. The van der Waals surface area contributed by atoms with Gasteiger partial charge in [0.2, 0.25) is 0 Å². The average Bonchev–Trinajstić information content (AvgIpc) is 2.58. The fraction of sp³-hybridized carbons (Fsp3) is 0.583. The highest BCUT2D eigenvalue weighted by Gasteiger charge is 2.23. The van der Waals surface area contributed by atoms with Crippen LogP contribution in [0.4, 0.5) is 9.93 Å². The highest BCUT2D eigenvalue weighted by molar-refractivity contribution is 7.17. The number of carbonyl (C=O) groups excluding carboxylic acids is 2. The molecule has 5 nitrogen and oxygen atoms in total. The third-order valence-electron chi connectivity index (χ3n) is 2.48. The minimum Gasteiger partial charge on any atom is -0.333 e. The van der Waals surface area contributed by atoms with Crippen LogP contribution in [0.15, 0.2) is 0 Å². The van der Waals surface area contributed by atoms with E-state index in [0.29, 0.717) is 16.4 Å². The zero-order valence-electron chi connectivity index (χ0n) is 10.8. The number of nitrogens with one attached hydrogen (secondary N) is 2. The van der Waals surface area contributed by atoms with Crippen LogP contribution in [-0.4, -0.2) is 22.3 Å². The quantitative estimate of drug-likeness (QED) is 0.821. The fourth-order valence-electron chi connectivity index (χ4n) is 1.79. The van der Waals surface area contributed by atoms with Crippen LogP contribution in [0.3, 0.4) is 0 Å². The summed E-state index contributed by atoms with van der Waals surface area (Å²) in [7, 11) is 0. The van der Waals surface area contributed by atoms with Crippen molar-refractivity contribution in [3.05, 3.63) is 10.6 Å². The number of hydrogen-bond acceptors (Lipinski definition) is 4. The van der Waals surface area contributed by atoms with Gasteiger partial charge >= 0.3 is 6.03 Å². The number of hydrogen-bond donors (Lipinski definition) is 2. The van der Waals surface area contributed by atoms with Gasteiger partial charge in [-0.25, -0.2) is 9.78 Å². The predicted molar refractivity (Wildman–Crippen MR) is 71.3 cm³/mol. The van der Waals surface area contributed by atoms with Gasteiger partial charge in [0.1, 0.15) is 0 Å². The van der Waals surface area contributed by atoms with Crippen molar-refractivity contribution in [3.63, 3.8) is 0 Å². The molecule has 0 aliphatic heterocycles. The van der Waals surface area contributed by atoms with Crippen LogP contribution in [0.5, 0.6) is 0 Å². The monoisotopic (exact) mass is 267 g/mol. The van der Waals surface area contributed by atoms with Crippen LogP contribution in [0, 0.1) is 0 Å². The van der Waals surface area contributed by atoms with E-state index in [2.05, 4.69) is 15.6 Å². The number of nitrogens with zero attached hydrogens (tertiary/aromatic N) is 1. The van der Waals surface area contributed by atoms with Gasteiger partial charge in [0.05, 0.1) is 10.6 Å². The zero-order chi connectivity index (χ0) is 13.3. The number of rotatable bonds is 1. The second kappa shape index (κ2) is 4.68. The standard InChI is InChI=1S/C12H17N3O2S/c1-12(2,3)15-10(17)14-11-13-7-5-4-6-8(16)9(7)18-11/h4-6H2,1-3H3,(H2,13,14,15,17). The van der Waals surface area contributed by atoms with Crippen LogP contribution in [0.1, 0.15) is 49.0 Å². The highest BCUT2D eigenvalue weighted by Crippen LogP contribution is 2.29. The number of aromatic nitrogens is 1. The summed E-state index contributed by atoms with van der Waals surface area (Å²) >= 11 is 1.27. The Kier molecular flexibility index (Phi) is 3.38. The molecule has 0 aromatic carbocycles. The number of carbonyl (C=O) groups is 2. The minimum absolute atomic E-state index is 0.137. The van der Waals surface area contributed by atoms with Gasteiger partial charge in [0, 0.05) is 12.0 Å². The van der Waals surface area contributed by atoms with Gasteiger partial charge in [-0.3, -0.25) is 10.1 Å². The summed E-state index contributed by atoms with van der Waals surface area (Å²) in [5, 5.41) is 5.97. The second-order valence-corrected chi connectivity index (χ2v) is 6.40. The predicted octanol–water partition coefficient (Wildman–Crippen LogP) is 2.58. The number of amides is 2. The summed E-state index contributed by atoms with van der Waals surface area (Å²) in [5.74, 6) is 0.137. The molecule has 0 bridgehead atoms. The van der Waals surface area contributed by atoms with Crippen LogP contribution in [0.2, 0.25) is 0 Å². The van der Waals surface area contributed by atoms with E-state index in [-0.39, 0.29) is 17.4 Å². The number of anilines is 1. The van der Waals surface area contributed by atoms with Crippen molar-refractivity contribution < 1.29 is 9.59 Å². The lowest BCUT2D eigenvalue weighted by Crippen LogP contribution is -2.43. The van der Waals surface area contributed by atoms with E-state index < -0.39 is 0 Å². The van der Waals surface area contributed by atoms with Gasteiger partial charge in [-0.2, -0.15) is 0 Å². The molecule has 0 saturated carbocycles. The largest absolute Gasteiger partial charge is 0.333 e. The number of fused-ring (bicyclic) bond motifs is 1. The smallest absolute Gasteiger partial charge is 0.321 e. The summed E-state index contributed by atoms with van der Waals surface area (Å²) in [6.07, 6.45) is 2.26. The van der Waals surface area contributed by atoms with E-state index in [0.717, 1.165) is 18.5 Å². The van der Waals surface area contributed by atoms with Crippen molar-refractivity contribution in [1.29, 1.82) is 0 Å². The van der Waals surface area contributed by atoms with E-state index >= 15 is 0 Å². The molecule has 1 aromatic rings. The SMILES string of the molecule is CC(C)(C)NC(=O)Nc1nc2c(s1)C(=O)CCC2. The average molecular weight is 267 g/mol. The maximum atomic E-state index is 11.7. The Balaban J connectivity index is 2.07. The number of urea groups is 1. The Morgan fingerprint density at radius 1 is 1.33 bits per heavy atom. The number of Topliss-reactive ketones (excluding diaryl/α,β-unsaturated/α-hetero) is 1. The van der Waals surface area contributed by atoms with Gasteiger partial charge in [0.25, 0.3) is 0 Å². The maximum Gasteiger partial charge on any atom is 0.321 e. The van der Waals surface area contributed by atoms with Gasteiger partial charge < -0.3 is 5.32 Å². The van der Waals surface area contributed by atoms with E-state index in [1.807, 2.05) is 20.8 Å². The van der Waals surface area contributed by atoms with Crippen molar-refractivity contribution in [2.45, 2.75) is 45.6 Å². The van der Waals surface area contributed by atoms with Crippen molar-refractivity contribution >= 4 is 28.3 Å². The molecule has 0 saturated heterocycles. The maximum absolute atomic E-state index is 11.7. The van der Waals surface area contributed by atoms with Crippen molar-refractivity contribution in [2.24, 2.45) is 0 Å². The van der Waals surface area contributed by atoms with E-state index in [9.17, 15) is 9.59 Å². The molecule has 2 N–H and O–H groups in total. The number of thiazole rings is 1. The van der Waals surface area contributed by atoms with Crippen molar-refractivity contribution in [3.8, 4) is 0 Å². The zero-order valence-corrected chi connectivity index (χ0v) is 11.6. The van der Waals surface area contributed by atoms with Gasteiger partial charge in [-0.15, -0.1) is 0 Å². The Hall–Kier alpha value is -1.43. The molecule has 1 aromatic heterocycles. The summed E-state index contributed by atoms with van der Waals surface area (Å²) < 4.78 is 0. The summed E-state index contributed by atoms with van der Waals surface area (Å²) in [6.45, 7) is 5.72.